The molecule has 0 unspecified atom stereocenters. The van der Waals surface area contributed by atoms with E-state index >= 15 is 0 Å². The number of unbranched alkanes of at least 4 members (excludes halogenated alkanes) is 1. The summed E-state index contributed by atoms with van der Waals surface area (Å²) in [6.45, 7) is 3.15. The molecular weight excluding hydrogens is 1220 g/mol. The average molecular weight is 1300 g/mol. The number of hydrogen-bond donors (Lipinski definition) is 16. The molecule has 12 amide bonds. The van der Waals surface area contributed by atoms with Gasteiger partial charge in [0.25, 0.3) is 0 Å². The molecule has 3 fully saturated rings. The molecule has 0 spiro atoms. The van der Waals surface area contributed by atoms with Crippen molar-refractivity contribution >= 4 is 126 Å². The quantitative estimate of drug-likeness (QED) is 0.0318. The van der Waals surface area contributed by atoms with Gasteiger partial charge >= 0.3 is 5.97 Å². The van der Waals surface area contributed by atoms with Gasteiger partial charge in [-0.3, -0.25) is 67.3 Å². The Bertz CT molecular complexity index is 2640. The third kappa shape index (κ3) is 23.9. The number of carboxylic acids is 1. The molecule has 482 valence electrons. The van der Waals surface area contributed by atoms with Crippen LogP contribution in [0, 0.1) is 5.92 Å². The van der Waals surface area contributed by atoms with E-state index in [9.17, 15) is 72.5 Å². The summed E-state index contributed by atoms with van der Waals surface area (Å²) in [6, 6.07) is -8.39. The smallest absolute Gasteiger partial charge is 0.305 e. The second kappa shape index (κ2) is 36.9. The molecular formula is C52H80N16O15S4. The van der Waals surface area contributed by atoms with Gasteiger partial charge in [0.2, 0.25) is 70.9 Å². The Hall–Kier alpha value is -7.08. The summed E-state index contributed by atoms with van der Waals surface area (Å²) in [5, 5.41) is 46.0. The summed E-state index contributed by atoms with van der Waals surface area (Å²) in [7, 11) is 3.58. The number of hydrogen-bond acceptors (Lipinski definition) is 20. The van der Waals surface area contributed by atoms with E-state index in [-0.39, 0.29) is 74.8 Å². The molecule has 0 aliphatic carbocycles. The van der Waals surface area contributed by atoms with Crippen LogP contribution in [-0.2, 0) is 68.7 Å². The molecule has 3 saturated heterocycles. The van der Waals surface area contributed by atoms with Crippen molar-refractivity contribution in [2.45, 2.75) is 145 Å². The number of nitrogens with zero attached hydrogens (tertiary/aromatic N) is 2. The second-order valence-corrected chi connectivity index (χ2v) is 25.9. The highest BCUT2D eigenvalue weighted by molar-refractivity contribution is 8.77. The fourth-order valence-electron chi connectivity index (χ4n) is 8.99. The van der Waals surface area contributed by atoms with E-state index in [2.05, 4.69) is 58.2 Å². The Kier molecular flexibility index (Phi) is 30.7. The van der Waals surface area contributed by atoms with Crippen LogP contribution in [0.5, 0.6) is 0 Å². The fraction of sp³-hybridized carbons (Fsp3) is 0.615. The number of guanidine groups is 1. The van der Waals surface area contributed by atoms with E-state index in [0.717, 1.165) is 48.1 Å². The fourth-order valence-corrected chi connectivity index (χ4v) is 13.7. The normalized spacial score (nSPS) is 26.8. The molecule has 3 aliphatic heterocycles. The molecule has 3 aliphatic rings. The van der Waals surface area contributed by atoms with Gasteiger partial charge in [0, 0.05) is 42.5 Å². The minimum absolute atomic E-state index is 0.00368. The Morgan fingerprint density at radius 1 is 0.655 bits per heavy atom. The molecule has 20 N–H and O–H groups in total. The molecule has 35 heteroatoms. The predicted molar refractivity (Wildman–Crippen MR) is 326 cm³/mol. The van der Waals surface area contributed by atoms with Crippen molar-refractivity contribution in [3.8, 4) is 0 Å². The van der Waals surface area contributed by atoms with Crippen LogP contribution in [0.2, 0.25) is 0 Å². The van der Waals surface area contributed by atoms with E-state index in [4.69, 9.17) is 22.9 Å². The number of primary amides is 1. The lowest BCUT2D eigenvalue weighted by atomic mass is 10.0. The molecule has 2 bridgehead atoms. The Morgan fingerprint density at radius 3 is 1.79 bits per heavy atom. The van der Waals surface area contributed by atoms with Crippen LogP contribution in [-0.4, -0.2) is 214 Å². The number of aliphatic hydroxyl groups is 1. The van der Waals surface area contributed by atoms with Crippen molar-refractivity contribution in [2.75, 3.05) is 49.3 Å². The number of benzene rings is 1. The van der Waals surface area contributed by atoms with Crippen molar-refractivity contribution in [2.24, 2.45) is 33.8 Å². The maximum Gasteiger partial charge on any atom is 0.305 e. The third-order valence-electron chi connectivity index (χ3n) is 13.7. The van der Waals surface area contributed by atoms with Gasteiger partial charge in [-0.25, -0.2) is 0 Å². The summed E-state index contributed by atoms with van der Waals surface area (Å²) in [6.07, 6.45) is -0.0172. The predicted octanol–water partition coefficient (Wildman–Crippen LogP) is -5.33. The number of aliphatic hydroxyl groups excluding tert-OH is 1. The number of carbonyl (C=O) groups is 13. The largest absolute Gasteiger partial charge is 0.481 e. The standard InChI is InChI=1S/C52H80N16O15S4/c1-4-5-13-28-42(74)61-30(18-27-11-7-6-8-12-27)44(76)64-33(41(54)73)22-84-86-24-35-47(79)63-32(21-69)45(77)62-31(19-39(71)72)51(83)68-17-10-15-37(68)49(81)59-29(14-9-16-57-52(55)56)43(75)65-36(48(80)67-40(26(2)3)50(82)60-28)25-87-85-23-34(46(78)66-35)58-38(70)20-53/h6-8,11-12,26,28-37,40,69H,4-5,9-10,13-25,53H2,1-3H3,(H2,54,73)(H,58,70)(H,59,81)(H,60,82)(H,61,74)(H,62,77)(H,63,79)(H,64,76)(H,65,75)(H,66,78)(H,67,80)(H,71,72)(H4,55,56,57)/t28-,29-,30-,31-,32-,33-,34-,35-,36-,37-,40-/m0/s1. The van der Waals surface area contributed by atoms with E-state index < -0.39 is 175 Å². The first-order valence-corrected chi connectivity index (χ1v) is 33.1. The highest BCUT2D eigenvalue weighted by atomic mass is 33.1. The maximum absolute atomic E-state index is 14.7. The van der Waals surface area contributed by atoms with Gasteiger partial charge in [0.1, 0.15) is 66.5 Å². The second-order valence-electron chi connectivity index (χ2n) is 20.8. The first-order valence-electron chi connectivity index (χ1n) is 28.1. The first-order chi connectivity index (χ1) is 41.4. The summed E-state index contributed by atoms with van der Waals surface area (Å²) < 4.78 is 0. The summed E-state index contributed by atoms with van der Waals surface area (Å²) >= 11 is 0. The molecule has 1 aromatic carbocycles. The van der Waals surface area contributed by atoms with Gasteiger partial charge in [0.05, 0.1) is 19.6 Å². The monoisotopic (exact) mass is 1300 g/mol. The average Bonchev–Trinajstić information content (AvgIpc) is 3.39. The lowest BCUT2D eigenvalue weighted by Crippen LogP contribution is -2.61. The molecule has 11 atom stereocenters. The number of nitrogens with two attached hydrogens (primary N) is 4. The number of aliphatic imine (C=N–C) groups is 1. The third-order valence-corrected chi connectivity index (χ3v) is 18.6. The van der Waals surface area contributed by atoms with Crippen LogP contribution in [0.3, 0.4) is 0 Å². The van der Waals surface area contributed by atoms with E-state index in [0.29, 0.717) is 18.4 Å². The molecule has 31 nitrogen and oxygen atoms in total. The molecule has 0 aromatic heterocycles. The van der Waals surface area contributed by atoms with Crippen molar-refractivity contribution in [1.29, 1.82) is 0 Å². The Balaban J connectivity index is 1.94. The zero-order valence-electron chi connectivity index (χ0n) is 48.4. The van der Waals surface area contributed by atoms with Crippen molar-refractivity contribution in [1.82, 2.24) is 58.1 Å². The number of carbonyl (C=O) groups excluding carboxylic acids is 12. The number of nitrogens with one attached hydrogen (secondary N) is 10. The molecule has 0 saturated carbocycles. The lowest BCUT2D eigenvalue weighted by Gasteiger charge is -2.31. The topological polar surface area (TPSA) is 502 Å². The van der Waals surface area contributed by atoms with Crippen LogP contribution in [0.1, 0.15) is 77.7 Å². The highest BCUT2D eigenvalue weighted by Gasteiger charge is 2.42. The lowest BCUT2D eigenvalue weighted by molar-refractivity contribution is -0.146. The van der Waals surface area contributed by atoms with Crippen LogP contribution in [0.25, 0.3) is 0 Å². The van der Waals surface area contributed by atoms with E-state index in [1.807, 2.05) is 6.92 Å². The van der Waals surface area contributed by atoms with Crippen LogP contribution in [0.4, 0.5) is 0 Å². The minimum atomic E-state index is -1.92. The van der Waals surface area contributed by atoms with Gasteiger partial charge in [-0.15, -0.1) is 0 Å². The molecule has 1 aromatic rings. The van der Waals surface area contributed by atoms with Gasteiger partial charge < -0.3 is 91.2 Å². The van der Waals surface area contributed by atoms with Gasteiger partial charge in [0.15, 0.2) is 5.96 Å². The highest BCUT2D eigenvalue weighted by Crippen LogP contribution is 2.26. The van der Waals surface area contributed by atoms with Crippen molar-refractivity contribution in [3.05, 3.63) is 35.9 Å². The van der Waals surface area contributed by atoms with Crippen molar-refractivity contribution < 1.29 is 72.5 Å². The number of rotatable bonds is 16. The minimum Gasteiger partial charge on any atom is -0.481 e. The number of aliphatic carboxylic acids is 1. The number of fused-ring (bicyclic) bond motifs is 9. The van der Waals surface area contributed by atoms with Gasteiger partial charge in [-0.1, -0.05) is 107 Å². The summed E-state index contributed by atoms with van der Waals surface area (Å²) in [5.74, 6) is -15.4. The zero-order valence-corrected chi connectivity index (χ0v) is 51.6. The molecule has 3 heterocycles. The van der Waals surface area contributed by atoms with Crippen molar-refractivity contribution in [3.63, 3.8) is 0 Å². The molecule has 0 radical (unpaired) electrons. The molecule has 87 heavy (non-hydrogen) atoms. The summed E-state index contributed by atoms with van der Waals surface area (Å²) in [4.78, 5) is 187. The first kappa shape index (κ1) is 72.4. The van der Waals surface area contributed by atoms with Gasteiger partial charge in [-0.2, -0.15) is 0 Å². The SMILES string of the molecule is CCCC[C@@H]1NC(=O)[C@H](C(C)C)NC(=O)[C@@H]2CSSC[C@H](NC(=O)CN)C(=O)N[C@@H](CSSC[C@@H](C(N)=O)NC(=O)[C@H](Cc3ccccc3)NC1=O)C(=O)N[C@@H](CO)C(=O)N[C@@H](CC(=O)O)C(=O)N1CCC[C@H]1C(=O)N[C@@H](CCCN=C(N)N)C(=O)N2. The number of amides is 12. The molecule has 4 rings (SSSR count). The zero-order chi connectivity index (χ0) is 64.3. The Labute approximate surface area is 518 Å². The Morgan fingerprint density at radius 2 is 1.20 bits per heavy atom. The maximum atomic E-state index is 14.7. The van der Waals surface area contributed by atoms with Crippen LogP contribution < -0.4 is 76.1 Å². The summed E-state index contributed by atoms with van der Waals surface area (Å²) in [5.41, 5.74) is 23.1. The van der Waals surface area contributed by atoms with E-state index in [1.54, 1.807) is 44.2 Å². The van der Waals surface area contributed by atoms with Gasteiger partial charge in [-0.05, 0) is 43.6 Å². The number of carboxylic acid groups (broad SMARTS) is 1. The van der Waals surface area contributed by atoms with Crippen LogP contribution in [0.15, 0.2) is 35.3 Å². The van der Waals surface area contributed by atoms with E-state index in [1.165, 1.54) is 0 Å². The van der Waals surface area contributed by atoms with Crippen LogP contribution >= 0.6 is 43.2 Å².